The number of carbonyl (C=O) groups is 2. The zero-order valence-corrected chi connectivity index (χ0v) is 28.5. The molecule has 3 aromatic rings. The van der Waals surface area contributed by atoms with E-state index in [1.807, 2.05) is 30.3 Å². The van der Waals surface area contributed by atoms with Gasteiger partial charge < -0.3 is 56.8 Å². The Labute approximate surface area is 283 Å². The van der Waals surface area contributed by atoms with Crippen LogP contribution in [0.3, 0.4) is 0 Å². The summed E-state index contributed by atoms with van der Waals surface area (Å²) in [7, 11) is 9.98. The predicted octanol–water partition coefficient (Wildman–Crippen LogP) is 4.15. The Morgan fingerprint density at radius 1 is 0.673 bits per heavy atom. The number of rotatable bonds is 12. The third-order valence-corrected chi connectivity index (χ3v) is 8.29. The molecule has 0 radical (unpaired) electrons. The second-order valence-electron chi connectivity index (χ2n) is 11.1. The molecule has 2 heterocycles. The summed E-state index contributed by atoms with van der Waals surface area (Å²) in [5, 5.41) is 0. The number of fused-ring (bicyclic) bond motifs is 1. The van der Waals surface area contributed by atoms with Crippen molar-refractivity contribution in [2.24, 2.45) is 0 Å². The second kappa shape index (κ2) is 15.2. The van der Waals surface area contributed by atoms with Crippen LogP contribution >= 0.6 is 0 Å². The standard InChI is InChI=1S/C35H40O14/c1-35(21-12-10-9-11-13-21)45-18-26-29(49-35)30(47-32(36)19-14-22(38-2)27(42-6)23(15-19)39-3)31(34(44-8)46-26)48-33(37)20-16-24(40-4)28(43-7)25(17-20)41-5/h9-17,26,29-31,34H,18H2,1-8H3. The molecule has 2 aliphatic heterocycles. The lowest BCUT2D eigenvalue weighted by Gasteiger charge is -2.50. The van der Waals surface area contributed by atoms with Crippen LogP contribution in [0.1, 0.15) is 33.2 Å². The van der Waals surface area contributed by atoms with Crippen molar-refractivity contribution in [2.45, 2.75) is 43.4 Å². The van der Waals surface area contributed by atoms with Crippen molar-refractivity contribution >= 4 is 11.9 Å². The summed E-state index contributed by atoms with van der Waals surface area (Å²) < 4.78 is 69.3. The average Bonchev–Trinajstić information content (AvgIpc) is 3.14. The fraction of sp³-hybridized carbons (Fsp3) is 0.429. The fourth-order valence-corrected chi connectivity index (χ4v) is 5.81. The van der Waals surface area contributed by atoms with Crippen LogP contribution in [0.2, 0.25) is 0 Å². The molecule has 2 saturated heterocycles. The SMILES string of the molecule is COc1cc(C(=O)OC2C(OC)OC3COC(C)(c4ccccc4)OC3C2OC(=O)c2cc(OC)c(OC)c(OC)c2)cc(OC)c1OC. The number of esters is 2. The van der Waals surface area contributed by atoms with E-state index < -0.39 is 48.4 Å². The molecular formula is C35H40O14. The third-order valence-electron chi connectivity index (χ3n) is 8.29. The number of ether oxygens (including phenoxy) is 12. The van der Waals surface area contributed by atoms with Gasteiger partial charge in [0.1, 0.15) is 12.2 Å². The molecule has 14 heteroatoms. The lowest BCUT2D eigenvalue weighted by Crippen LogP contribution is -2.66. The summed E-state index contributed by atoms with van der Waals surface area (Å²) in [5.41, 5.74) is 0.838. The van der Waals surface area contributed by atoms with Crippen molar-refractivity contribution in [2.75, 3.05) is 56.4 Å². The lowest BCUT2D eigenvalue weighted by molar-refractivity contribution is -0.388. The average molecular weight is 685 g/mol. The summed E-state index contributed by atoms with van der Waals surface area (Å²) in [5.74, 6) is -1.39. The van der Waals surface area contributed by atoms with Crippen LogP contribution in [0.25, 0.3) is 0 Å². The first-order valence-electron chi connectivity index (χ1n) is 15.2. The molecular weight excluding hydrogens is 644 g/mol. The molecule has 0 aromatic heterocycles. The zero-order chi connectivity index (χ0) is 35.3. The largest absolute Gasteiger partial charge is 0.493 e. The van der Waals surface area contributed by atoms with E-state index in [1.54, 1.807) is 6.92 Å². The highest BCUT2D eigenvalue weighted by atomic mass is 16.8. The third kappa shape index (κ3) is 7.04. The molecule has 49 heavy (non-hydrogen) atoms. The number of hydrogen-bond donors (Lipinski definition) is 0. The smallest absolute Gasteiger partial charge is 0.339 e. The van der Waals surface area contributed by atoms with Crippen LogP contribution in [0.5, 0.6) is 34.5 Å². The minimum atomic E-state index is -1.33. The van der Waals surface area contributed by atoms with Crippen LogP contribution in [0, 0.1) is 0 Å². The Kier molecular flexibility index (Phi) is 11.0. The van der Waals surface area contributed by atoms with Crippen LogP contribution in [0.15, 0.2) is 54.6 Å². The van der Waals surface area contributed by atoms with Crippen LogP contribution < -0.4 is 28.4 Å². The van der Waals surface area contributed by atoms with Crippen LogP contribution in [-0.2, 0) is 34.2 Å². The Morgan fingerprint density at radius 3 is 1.57 bits per heavy atom. The van der Waals surface area contributed by atoms with E-state index >= 15 is 0 Å². The van der Waals surface area contributed by atoms with Gasteiger partial charge in [-0.05, 0) is 31.2 Å². The molecule has 0 spiro atoms. The number of hydrogen-bond acceptors (Lipinski definition) is 14. The number of benzene rings is 3. The normalized spacial score (nSPS) is 24.5. The molecule has 0 N–H and O–H groups in total. The summed E-state index contributed by atoms with van der Waals surface area (Å²) in [4.78, 5) is 27.8. The van der Waals surface area contributed by atoms with E-state index in [0.29, 0.717) is 5.56 Å². The maximum absolute atomic E-state index is 14.0. The van der Waals surface area contributed by atoms with E-state index in [-0.39, 0.29) is 52.2 Å². The summed E-state index contributed by atoms with van der Waals surface area (Å²) in [6.07, 6.45) is -5.57. The van der Waals surface area contributed by atoms with Crippen molar-refractivity contribution in [1.82, 2.24) is 0 Å². The van der Waals surface area contributed by atoms with Gasteiger partial charge in [-0.1, -0.05) is 30.3 Å². The first kappa shape index (κ1) is 35.5. The minimum Gasteiger partial charge on any atom is -0.493 e. The Bertz CT molecular complexity index is 1580. The molecule has 5 rings (SSSR count). The van der Waals surface area contributed by atoms with E-state index in [2.05, 4.69) is 0 Å². The lowest BCUT2D eigenvalue weighted by atomic mass is 9.95. The van der Waals surface area contributed by atoms with E-state index in [0.717, 1.165) is 0 Å². The predicted molar refractivity (Wildman–Crippen MR) is 171 cm³/mol. The van der Waals surface area contributed by atoms with E-state index in [9.17, 15) is 9.59 Å². The van der Waals surface area contributed by atoms with Crippen molar-refractivity contribution in [3.8, 4) is 34.5 Å². The molecule has 2 fully saturated rings. The van der Waals surface area contributed by atoms with Crippen molar-refractivity contribution < 1.29 is 66.4 Å². The van der Waals surface area contributed by atoms with Gasteiger partial charge in [-0.3, -0.25) is 0 Å². The molecule has 14 nitrogen and oxygen atoms in total. The van der Waals surface area contributed by atoms with E-state index in [4.69, 9.17) is 56.8 Å². The Balaban J connectivity index is 1.55. The number of carbonyl (C=O) groups excluding carboxylic acids is 2. The van der Waals surface area contributed by atoms with Gasteiger partial charge in [0.25, 0.3) is 0 Å². The quantitative estimate of drug-likeness (QED) is 0.252. The topological polar surface area (TPSA) is 145 Å². The molecule has 2 aliphatic rings. The molecule has 0 amide bonds. The van der Waals surface area contributed by atoms with Crippen LogP contribution in [-0.4, -0.2) is 99.0 Å². The monoisotopic (exact) mass is 684 g/mol. The van der Waals surface area contributed by atoms with Crippen molar-refractivity contribution in [3.05, 3.63) is 71.3 Å². The van der Waals surface area contributed by atoms with Crippen molar-refractivity contribution in [1.29, 1.82) is 0 Å². The maximum atomic E-state index is 14.0. The van der Waals surface area contributed by atoms with Gasteiger partial charge >= 0.3 is 11.9 Å². The van der Waals surface area contributed by atoms with Gasteiger partial charge in [0, 0.05) is 12.7 Å². The molecule has 264 valence electrons. The highest BCUT2D eigenvalue weighted by Crippen LogP contribution is 2.43. The molecule has 6 unspecified atom stereocenters. The minimum absolute atomic E-state index is 0.0434. The second-order valence-corrected chi connectivity index (χ2v) is 11.1. The number of methoxy groups -OCH3 is 7. The summed E-state index contributed by atoms with van der Waals surface area (Å²) >= 11 is 0. The van der Waals surface area contributed by atoms with Gasteiger partial charge in [-0.2, -0.15) is 0 Å². The zero-order valence-electron chi connectivity index (χ0n) is 28.5. The summed E-state index contributed by atoms with van der Waals surface area (Å²) in [6.45, 7) is 1.79. The van der Waals surface area contributed by atoms with Crippen molar-refractivity contribution in [3.63, 3.8) is 0 Å². The molecule has 6 atom stereocenters. The molecule has 0 saturated carbocycles. The molecule has 3 aromatic carbocycles. The van der Waals surface area contributed by atoms with Crippen LogP contribution in [0.4, 0.5) is 0 Å². The first-order valence-corrected chi connectivity index (χ1v) is 15.2. The van der Waals surface area contributed by atoms with Gasteiger partial charge in [-0.15, -0.1) is 0 Å². The molecule has 0 aliphatic carbocycles. The highest BCUT2D eigenvalue weighted by Gasteiger charge is 2.56. The highest BCUT2D eigenvalue weighted by molar-refractivity contribution is 5.92. The summed E-state index contributed by atoms with van der Waals surface area (Å²) in [6, 6.07) is 15.0. The van der Waals surface area contributed by atoms with Gasteiger partial charge in [-0.25, -0.2) is 9.59 Å². The van der Waals surface area contributed by atoms with Gasteiger partial charge in [0.05, 0.1) is 60.4 Å². The van der Waals surface area contributed by atoms with E-state index in [1.165, 1.54) is 74.0 Å². The van der Waals surface area contributed by atoms with Gasteiger partial charge in [0.2, 0.25) is 11.5 Å². The Hall–Kier alpha value is -4.76. The molecule has 0 bridgehead atoms. The Morgan fingerprint density at radius 2 is 1.14 bits per heavy atom. The first-order chi connectivity index (χ1) is 23.6. The fourth-order valence-electron chi connectivity index (χ4n) is 5.81. The van der Waals surface area contributed by atoms with Gasteiger partial charge in [0.15, 0.2) is 47.3 Å². The maximum Gasteiger partial charge on any atom is 0.339 e.